The number of aliphatic imine (C=N–C) groups is 1. The normalized spacial score (nSPS) is 11.3. The summed E-state index contributed by atoms with van der Waals surface area (Å²) in [7, 11) is 0. The number of nitrogens with zero attached hydrogens (tertiary/aromatic N) is 1. The number of hydrogen-bond donors (Lipinski definition) is 3. The minimum atomic E-state index is 0.275. The van der Waals surface area contributed by atoms with Gasteiger partial charge in [0, 0.05) is 12.2 Å². The molecule has 0 amide bonds. The van der Waals surface area contributed by atoms with Gasteiger partial charge in [-0.2, -0.15) is 0 Å². The van der Waals surface area contributed by atoms with Crippen LogP contribution in [-0.4, -0.2) is 17.6 Å². The van der Waals surface area contributed by atoms with Crippen molar-refractivity contribution in [1.29, 1.82) is 0 Å². The Bertz CT molecular complexity index is 552. The number of phenolic OH excluding ortho intramolecular Hbond substituents is 1. The molecule has 4 nitrogen and oxygen atoms in total. The van der Waals surface area contributed by atoms with Crippen LogP contribution in [0, 0.1) is 0 Å². The molecule has 0 heterocycles. The van der Waals surface area contributed by atoms with Gasteiger partial charge in [0.1, 0.15) is 5.75 Å². The number of benzene rings is 2. The summed E-state index contributed by atoms with van der Waals surface area (Å²) in [6.07, 6.45) is 0.742. The van der Waals surface area contributed by atoms with Gasteiger partial charge in [0.15, 0.2) is 5.96 Å². The maximum absolute atomic E-state index is 9.34. The maximum atomic E-state index is 9.34. The van der Waals surface area contributed by atoms with E-state index in [0.29, 0.717) is 12.5 Å². The summed E-state index contributed by atoms with van der Waals surface area (Å²) in [5, 5.41) is 12.4. The highest BCUT2D eigenvalue weighted by Crippen LogP contribution is 2.11. The summed E-state index contributed by atoms with van der Waals surface area (Å²) >= 11 is 0. The van der Waals surface area contributed by atoms with Gasteiger partial charge in [0.2, 0.25) is 0 Å². The van der Waals surface area contributed by atoms with Gasteiger partial charge in [0.25, 0.3) is 0 Å². The number of rotatable bonds is 4. The van der Waals surface area contributed by atoms with E-state index in [2.05, 4.69) is 10.3 Å². The molecule has 0 atom stereocenters. The quantitative estimate of drug-likeness (QED) is 0.580. The number of phenols is 1. The topological polar surface area (TPSA) is 70.6 Å². The fourth-order valence-corrected chi connectivity index (χ4v) is 1.73. The third kappa shape index (κ3) is 4.35. The van der Waals surface area contributed by atoms with Crippen LogP contribution in [0.4, 0.5) is 5.69 Å². The van der Waals surface area contributed by atoms with Crippen LogP contribution in [0.2, 0.25) is 0 Å². The molecule has 4 heteroatoms. The van der Waals surface area contributed by atoms with Crippen molar-refractivity contribution in [3.8, 4) is 5.75 Å². The number of para-hydroxylation sites is 1. The highest BCUT2D eigenvalue weighted by molar-refractivity contribution is 5.92. The van der Waals surface area contributed by atoms with Gasteiger partial charge in [-0.3, -0.25) is 4.99 Å². The second-order valence-corrected chi connectivity index (χ2v) is 4.18. The standard InChI is InChI=1S/C15H17N3O/c16-15(18-13-6-2-1-3-7-13)17-10-9-12-5-4-8-14(19)11-12/h1-8,11,19H,9-10H2,(H3,16,17,18). The first-order valence-electron chi connectivity index (χ1n) is 6.14. The second-order valence-electron chi connectivity index (χ2n) is 4.18. The molecule has 0 fully saturated rings. The lowest BCUT2D eigenvalue weighted by molar-refractivity contribution is 0.474. The van der Waals surface area contributed by atoms with Crippen LogP contribution in [0.25, 0.3) is 0 Å². The summed E-state index contributed by atoms with van der Waals surface area (Å²) in [6.45, 7) is 0.578. The lowest BCUT2D eigenvalue weighted by Crippen LogP contribution is -2.22. The summed E-state index contributed by atoms with van der Waals surface area (Å²) in [6, 6.07) is 16.8. The molecule has 98 valence electrons. The fraction of sp³-hybridized carbons (Fsp3) is 0.133. The first kappa shape index (κ1) is 13.0. The Morgan fingerprint density at radius 2 is 1.89 bits per heavy atom. The molecule has 0 unspecified atom stereocenters. The number of nitrogens with two attached hydrogens (primary N) is 1. The molecule has 4 N–H and O–H groups in total. The van der Waals surface area contributed by atoms with Crippen LogP contribution >= 0.6 is 0 Å². The van der Waals surface area contributed by atoms with E-state index in [1.165, 1.54) is 0 Å². The van der Waals surface area contributed by atoms with Crippen molar-refractivity contribution in [2.45, 2.75) is 6.42 Å². The van der Waals surface area contributed by atoms with Gasteiger partial charge in [0.05, 0.1) is 0 Å². The predicted molar refractivity (Wildman–Crippen MR) is 78.4 cm³/mol. The van der Waals surface area contributed by atoms with Crippen molar-refractivity contribution in [3.63, 3.8) is 0 Å². The first-order chi connectivity index (χ1) is 9.24. The molecule has 2 rings (SSSR count). The van der Waals surface area contributed by atoms with E-state index in [4.69, 9.17) is 5.73 Å². The highest BCUT2D eigenvalue weighted by atomic mass is 16.3. The Labute approximate surface area is 112 Å². The number of hydrogen-bond acceptors (Lipinski definition) is 2. The van der Waals surface area contributed by atoms with Crippen LogP contribution in [0.1, 0.15) is 5.56 Å². The minimum Gasteiger partial charge on any atom is -0.508 e. The molecule has 0 saturated heterocycles. The van der Waals surface area contributed by atoms with E-state index in [1.54, 1.807) is 12.1 Å². The fourth-order valence-electron chi connectivity index (χ4n) is 1.73. The SMILES string of the molecule is NC(=NCCc1cccc(O)c1)Nc1ccccc1. The van der Waals surface area contributed by atoms with Gasteiger partial charge in [-0.05, 0) is 36.2 Å². The Hall–Kier alpha value is -2.49. The first-order valence-corrected chi connectivity index (χ1v) is 6.14. The predicted octanol–water partition coefficient (Wildman–Crippen LogP) is 2.36. The molecule has 0 radical (unpaired) electrons. The summed E-state index contributed by atoms with van der Waals surface area (Å²) < 4.78 is 0. The van der Waals surface area contributed by atoms with Crippen molar-refractivity contribution in [1.82, 2.24) is 0 Å². The zero-order valence-corrected chi connectivity index (χ0v) is 10.6. The van der Waals surface area contributed by atoms with E-state index >= 15 is 0 Å². The lowest BCUT2D eigenvalue weighted by Gasteiger charge is -2.05. The second kappa shape index (κ2) is 6.44. The Morgan fingerprint density at radius 3 is 2.63 bits per heavy atom. The van der Waals surface area contributed by atoms with Gasteiger partial charge >= 0.3 is 0 Å². The smallest absolute Gasteiger partial charge is 0.193 e. The van der Waals surface area contributed by atoms with Crippen LogP contribution < -0.4 is 11.1 Å². The van der Waals surface area contributed by atoms with E-state index in [0.717, 1.165) is 17.7 Å². The van der Waals surface area contributed by atoms with Crippen LogP contribution in [-0.2, 0) is 6.42 Å². The average molecular weight is 255 g/mol. The van der Waals surface area contributed by atoms with Crippen molar-refractivity contribution in [2.75, 3.05) is 11.9 Å². The molecule has 0 aliphatic rings. The molecule has 19 heavy (non-hydrogen) atoms. The van der Waals surface area contributed by atoms with E-state index in [9.17, 15) is 5.11 Å². The van der Waals surface area contributed by atoms with Crippen molar-refractivity contribution in [2.24, 2.45) is 10.7 Å². The highest BCUT2D eigenvalue weighted by Gasteiger charge is 1.96. The summed E-state index contributed by atoms with van der Waals surface area (Å²) in [5.74, 6) is 0.670. The molecule has 2 aromatic carbocycles. The number of aromatic hydroxyl groups is 1. The molecule has 2 aromatic rings. The van der Waals surface area contributed by atoms with E-state index in [-0.39, 0.29) is 5.75 Å². The minimum absolute atomic E-state index is 0.275. The average Bonchev–Trinajstić information content (AvgIpc) is 2.40. The number of guanidine groups is 1. The van der Waals surface area contributed by atoms with Gasteiger partial charge in [-0.15, -0.1) is 0 Å². The van der Waals surface area contributed by atoms with Crippen LogP contribution in [0.3, 0.4) is 0 Å². The molecule has 0 aliphatic heterocycles. The Morgan fingerprint density at radius 1 is 1.11 bits per heavy atom. The van der Waals surface area contributed by atoms with E-state index < -0.39 is 0 Å². The molecular formula is C15H17N3O. The maximum Gasteiger partial charge on any atom is 0.193 e. The van der Waals surface area contributed by atoms with Crippen molar-refractivity contribution < 1.29 is 5.11 Å². The zero-order valence-electron chi connectivity index (χ0n) is 10.6. The third-order valence-corrected chi connectivity index (χ3v) is 2.64. The Kier molecular flexibility index (Phi) is 4.39. The summed E-state index contributed by atoms with van der Waals surface area (Å²) in [4.78, 5) is 4.25. The van der Waals surface area contributed by atoms with Crippen molar-refractivity contribution >= 4 is 11.6 Å². The monoisotopic (exact) mass is 255 g/mol. The van der Waals surface area contributed by atoms with Gasteiger partial charge in [-0.25, -0.2) is 0 Å². The van der Waals surface area contributed by atoms with Crippen LogP contribution in [0.15, 0.2) is 59.6 Å². The largest absolute Gasteiger partial charge is 0.508 e. The zero-order chi connectivity index (χ0) is 13.5. The number of anilines is 1. The molecule has 0 aliphatic carbocycles. The molecule has 0 saturated carbocycles. The van der Waals surface area contributed by atoms with Crippen molar-refractivity contribution in [3.05, 3.63) is 60.2 Å². The Balaban J connectivity index is 1.85. The van der Waals surface area contributed by atoms with Gasteiger partial charge in [-0.1, -0.05) is 30.3 Å². The molecule has 0 bridgehead atoms. The third-order valence-electron chi connectivity index (χ3n) is 2.64. The summed E-state index contributed by atoms with van der Waals surface area (Å²) in [5.41, 5.74) is 7.75. The van der Waals surface area contributed by atoms with E-state index in [1.807, 2.05) is 42.5 Å². The molecule has 0 spiro atoms. The van der Waals surface area contributed by atoms with Gasteiger partial charge < -0.3 is 16.2 Å². The van der Waals surface area contributed by atoms with Crippen LogP contribution in [0.5, 0.6) is 5.75 Å². The molecule has 0 aromatic heterocycles. The molecular weight excluding hydrogens is 238 g/mol. The lowest BCUT2D eigenvalue weighted by atomic mass is 10.1. The number of nitrogens with one attached hydrogen (secondary N) is 1.